The standard InChI is InChI=1S/C32H47NO4/c1-5-6-7-16-33-30(34)36-23-9-11-24-22(17-23)8-10-26-25(24)13-14-31(4)27(26)18-28-29(31)21(3)32(37-28)15-12-20(2)19-35-32/h9,11,17,20-21,25-29H,5-8,10,12-16,18-19H2,1-4H3,(H,33,34)/t20-,21+,25-,26-,27+,28+,29+,31+,32-/m1/s1. The minimum absolute atomic E-state index is 0.329. The topological polar surface area (TPSA) is 56.8 Å². The highest BCUT2D eigenvalue weighted by Gasteiger charge is 2.67. The number of benzene rings is 1. The van der Waals surface area contributed by atoms with Gasteiger partial charge in [-0.1, -0.05) is 46.6 Å². The van der Waals surface area contributed by atoms with Gasteiger partial charge < -0.3 is 19.5 Å². The molecule has 0 bridgehead atoms. The van der Waals surface area contributed by atoms with E-state index in [1.807, 2.05) is 6.07 Å². The number of carbonyl (C=O) groups excluding carboxylic acids is 1. The van der Waals surface area contributed by atoms with Crippen LogP contribution in [-0.2, 0) is 15.9 Å². The normalized spacial score (nSPS) is 42.0. The van der Waals surface area contributed by atoms with Crippen LogP contribution >= 0.6 is 0 Å². The average molecular weight is 510 g/mol. The van der Waals surface area contributed by atoms with Gasteiger partial charge in [0, 0.05) is 18.9 Å². The molecule has 0 radical (unpaired) electrons. The summed E-state index contributed by atoms with van der Waals surface area (Å²) >= 11 is 0. The van der Waals surface area contributed by atoms with Crippen LogP contribution in [0.25, 0.3) is 0 Å². The number of nitrogens with one attached hydrogen (secondary N) is 1. The third-order valence-electron chi connectivity index (χ3n) is 11.2. The first-order valence-corrected chi connectivity index (χ1v) is 15.2. The van der Waals surface area contributed by atoms with Crippen molar-refractivity contribution in [2.24, 2.45) is 35.0 Å². The number of hydrogen-bond donors (Lipinski definition) is 1. The van der Waals surface area contributed by atoms with E-state index in [-0.39, 0.29) is 11.9 Å². The molecule has 2 saturated carbocycles. The van der Waals surface area contributed by atoms with Crippen LogP contribution in [0.4, 0.5) is 4.79 Å². The predicted molar refractivity (Wildman–Crippen MR) is 145 cm³/mol. The first-order chi connectivity index (χ1) is 17.8. The van der Waals surface area contributed by atoms with Gasteiger partial charge in [0.2, 0.25) is 0 Å². The van der Waals surface area contributed by atoms with E-state index in [1.165, 1.54) is 43.2 Å². The number of carbonyl (C=O) groups is 1. The highest BCUT2D eigenvalue weighted by Crippen LogP contribution is 2.69. The van der Waals surface area contributed by atoms with Gasteiger partial charge in [-0.25, -0.2) is 4.79 Å². The van der Waals surface area contributed by atoms with Crippen LogP contribution in [0.15, 0.2) is 18.2 Å². The van der Waals surface area contributed by atoms with Gasteiger partial charge in [0.25, 0.3) is 0 Å². The number of amides is 1. The summed E-state index contributed by atoms with van der Waals surface area (Å²) in [6.07, 6.45) is 11.6. The number of unbranched alkanes of at least 4 members (excludes halogenated alkanes) is 2. The lowest BCUT2D eigenvalue weighted by Crippen LogP contribution is -2.48. The molecule has 37 heavy (non-hydrogen) atoms. The second-order valence-corrected chi connectivity index (χ2v) is 13.3. The van der Waals surface area contributed by atoms with Gasteiger partial charge in [-0.2, -0.15) is 0 Å². The fraction of sp³-hybridized carbons (Fsp3) is 0.781. The number of rotatable bonds is 5. The van der Waals surface area contributed by atoms with Crippen molar-refractivity contribution in [2.75, 3.05) is 13.2 Å². The Morgan fingerprint density at radius 2 is 2.03 bits per heavy atom. The van der Waals surface area contributed by atoms with Crippen molar-refractivity contribution in [3.63, 3.8) is 0 Å². The Labute approximate surface area is 223 Å². The van der Waals surface area contributed by atoms with E-state index < -0.39 is 0 Å². The summed E-state index contributed by atoms with van der Waals surface area (Å²) in [7, 11) is 0. The number of fused-ring (bicyclic) bond motifs is 7. The molecule has 5 heteroatoms. The van der Waals surface area contributed by atoms with Crippen LogP contribution in [0.3, 0.4) is 0 Å². The first kappa shape index (κ1) is 25.7. The van der Waals surface area contributed by atoms with Crippen LogP contribution in [0.5, 0.6) is 5.75 Å². The van der Waals surface area contributed by atoms with Gasteiger partial charge >= 0.3 is 6.09 Å². The van der Waals surface area contributed by atoms with Crippen LogP contribution in [0.2, 0.25) is 0 Å². The molecule has 0 unspecified atom stereocenters. The molecule has 1 aromatic carbocycles. The Balaban J connectivity index is 1.14. The van der Waals surface area contributed by atoms with E-state index in [2.05, 4.69) is 45.1 Å². The minimum atomic E-state index is -0.334. The molecule has 1 spiro atoms. The lowest BCUT2D eigenvalue weighted by molar-refractivity contribution is -0.272. The Morgan fingerprint density at radius 3 is 2.81 bits per heavy atom. The summed E-state index contributed by atoms with van der Waals surface area (Å²) in [6.45, 7) is 11.0. The molecule has 1 N–H and O–H groups in total. The second-order valence-electron chi connectivity index (χ2n) is 13.3. The fourth-order valence-corrected chi connectivity index (χ4v) is 9.35. The summed E-state index contributed by atoms with van der Waals surface area (Å²) in [6, 6.07) is 6.40. The van der Waals surface area contributed by atoms with Gasteiger partial charge in [0.1, 0.15) is 5.75 Å². The molecule has 5 aliphatic rings. The quantitative estimate of drug-likeness (QED) is 0.426. The van der Waals surface area contributed by atoms with E-state index >= 15 is 0 Å². The maximum Gasteiger partial charge on any atom is 0.412 e. The van der Waals surface area contributed by atoms with Crippen LogP contribution in [0, 0.1) is 35.0 Å². The third kappa shape index (κ3) is 4.33. The molecule has 1 amide bonds. The lowest BCUT2D eigenvalue weighted by atomic mass is 9.53. The Morgan fingerprint density at radius 1 is 1.16 bits per heavy atom. The summed E-state index contributed by atoms with van der Waals surface area (Å²) in [5, 5.41) is 2.89. The predicted octanol–water partition coefficient (Wildman–Crippen LogP) is 7.23. The number of hydrogen-bond acceptors (Lipinski definition) is 4. The van der Waals surface area contributed by atoms with Crippen molar-refractivity contribution in [1.29, 1.82) is 0 Å². The molecule has 1 aromatic rings. The summed E-state index contributed by atoms with van der Waals surface area (Å²) < 4.78 is 19.0. The van der Waals surface area contributed by atoms with E-state index in [0.717, 1.165) is 50.5 Å². The highest BCUT2D eigenvalue weighted by atomic mass is 16.7. The second kappa shape index (κ2) is 9.86. The van der Waals surface area contributed by atoms with Crippen LogP contribution < -0.4 is 10.1 Å². The number of ether oxygens (including phenoxy) is 3. The molecule has 3 aliphatic carbocycles. The Kier molecular flexibility index (Phi) is 6.84. The van der Waals surface area contributed by atoms with Crippen molar-refractivity contribution < 1.29 is 19.0 Å². The van der Waals surface area contributed by atoms with E-state index in [0.29, 0.717) is 47.5 Å². The zero-order valence-electron chi connectivity index (χ0n) is 23.4. The van der Waals surface area contributed by atoms with Crippen molar-refractivity contribution in [1.82, 2.24) is 5.32 Å². The molecule has 4 fully saturated rings. The van der Waals surface area contributed by atoms with Gasteiger partial charge in [0.05, 0.1) is 12.7 Å². The molecule has 2 aliphatic heterocycles. The van der Waals surface area contributed by atoms with Crippen LogP contribution in [-0.4, -0.2) is 31.1 Å². The first-order valence-electron chi connectivity index (χ1n) is 15.2. The maximum absolute atomic E-state index is 12.2. The van der Waals surface area contributed by atoms with E-state index in [1.54, 1.807) is 0 Å². The van der Waals surface area contributed by atoms with Gasteiger partial charge in [-0.3, -0.25) is 0 Å². The highest BCUT2D eigenvalue weighted by molar-refractivity contribution is 5.70. The van der Waals surface area contributed by atoms with E-state index in [9.17, 15) is 4.79 Å². The molecule has 204 valence electrons. The van der Waals surface area contributed by atoms with Gasteiger partial charge in [-0.05, 0) is 103 Å². The lowest BCUT2D eigenvalue weighted by Gasteiger charge is -2.52. The number of aryl methyl sites for hydroxylation is 1. The molecule has 9 atom stereocenters. The molecular formula is C32H47NO4. The summed E-state index contributed by atoms with van der Waals surface area (Å²) in [5.74, 6) is 4.15. The molecule has 2 saturated heterocycles. The summed E-state index contributed by atoms with van der Waals surface area (Å²) in [4.78, 5) is 12.2. The molecule has 2 heterocycles. The van der Waals surface area contributed by atoms with Gasteiger partial charge in [-0.15, -0.1) is 0 Å². The molecule has 5 nitrogen and oxygen atoms in total. The molecule has 0 aromatic heterocycles. The smallest absolute Gasteiger partial charge is 0.410 e. The van der Waals surface area contributed by atoms with Crippen molar-refractivity contribution in [3.05, 3.63) is 29.3 Å². The Hall–Kier alpha value is -1.59. The zero-order chi connectivity index (χ0) is 25.8. The Bertz CT molecular complexity index is 1000. The van der Waals surface area contributed by atoms with Crippen molar-refractivity contribution in [3.8, 4) is 5.75 Å². The van der Waals surface area contributed by atoms with Crippen molar-refractivity contribution >= 4 is 6.09 Å². The minimum Gasteiger partial charge on any atom is -0.410 e. The summed E-state index contributed by atoms with van der Waals surface area (Å²) in [5.41, 5.74) is 3.23. The SMILES string of the molecule is CCCCCNC(=O)Oc1ccc2c(c1)CC[C@@H]1[C@@H]2CC[C@]2(C)[C@@H]3[C@H](C[C@@H]12)O[C@]1(CC[C@@H](C)CO1)[C@H]3C. The fourth-order valence-electron chi connectivity index (χ4n) is 9.35. The molecule has 6 rings (SSSR count). The average Bonchev–Trinajstić information content (AvgIpc) is 3.33. The zero-order valence-corrected chi connectivity index (χ0v) is 23.4. The monoisotopic (exact) mass is 509 g/mol. The third-order valence-corrected chi connectivity index (χ3v) is 11.2. The van der Waals surface area contributed by atoms with E-state index in [4.69, 9.17) is 14.2 Å². The molecular weight excluding hydrogens is 462 g/mol. The van der Waals surface area contributed by atoms with Crippen LogP contribution in [0.1, 0.15) is 103 Å². The largest absolute Gasteiger partial charge is 0.412 e. The van der Waals surface area contributed by atoms with Gasteiger partial charge in [0.15, 0.2) is 5.79 Å². The maximum atomic E-state index is 12.2. The van der Waals surface area contributed by atoms with Crippen molar-refractivity contribution in [2.45, 2.75) is 110 Å².